The van der Waals surface area contributed by atoms with Gasteiger partial charge in [0.2, 0.25) is 5.43 Å². The van der Waals surface area contributed by atoms with E-state index >= 15 is 0 Å². The quantitative estimate of drug-likeness (QED) is 0.858. The lowest BCUT2D eigenvalue weighted by molar-refractivity contribution is 0.0952. The number of aromatic hydroxyl groups is 1. The molecule has 0 unspecified atom stereocenters. The van der Waals surface area contributed by atoms with Gasteiger partial charge in [-0.1, -0.05) is 0 Å². The van der Waals surface area contributed by atoms with Gasteiger partial charge >= 0.3 is 0 Å². The fourth-order valence-electron chi connectivity index (χ4n) is 1.80. The van der Waals surface area contributed by atoms with E-state index in [1.807, 2.05) is 0 Å². The molecule has 1 amide bonds. The van der Waals surface area contributed by atoms with Crippen molar-refractivity contribution in [2.24, 2.45) is 0 Å². The molecule has 0 fully saturated rings. The summed E-state index contributed by atoms with van der Waals surface area (Å²) in [7, 11) is 0. The normalized spacial score (nSPS) is 10.2. The fraction of sp³-hybridized carbons (Fsp3) is 0.214. The largest absolute Gasteiger partial charge is 0.503 e. The number of pyridine rings is 2. The van der Waals surface area contributed by atoms with Gasteiger partial charge in [0.25, 0.3) is 5.91 Å². The van der Waals surface area contributed by atoms with Crippen LogP contribution in [0.4, 0.5) is 0 Å². The molecule has 0 aromatic carbocycles. The summed E-state index contributed by atoms with van der Waals surface area (Å²) in [4.78, 5) is 26.9. The number of hydrogen-bond acceptors (Lipinski definition) is 4. The lowest BCUT2D eigenvalue weighted by atomic mass is 10.2. The second-order valence-electron chi connectivity index (χ2n) is 4.30. The van der Waals surface area contributed by atoms with Crippen LogP contribution < -0.4 is 10.7 Å². The Morgan fingerprint density at radius 3 is 2.75 bits per heavy atom. The second-order valence-corrected chi connectivity index (χ2v) is 4.30. The van der Waals surface area contributed by atoms with Crippen LogP contribution in [-0.2, 0) is 6.54 Å². The predicted molar refractivity (Wildman–Crippen MR) is 73.7 cm³/mol. The average Bonchev–Trinajstić information content (AvgIpc) is 2.48. The average molecular weight is 273 g/mol. The van der Waals surface area contributed by atoms with Crippen molar-refractivity contribution < 1.29 is 9.90 Å². The molecule has 0 radical (unpaired) electrons. The van der Waals surface area contributed by atoms with Gasteiger partial charge in [0.05, 0.1) is 5.69 Å². The van der Waals surface area contributed by atoms with Gasteiger partial charge in [0.1, 0.15) is 0 Å². The molecule has 20 heavy (non-hydrogen) atoms. The van der Waals surface area contributed by atoms with Gasteiger partial charge in [-0.05, 0) is 19.1 Å². The first-order chi connectivity index (χ1) is 9.59. The third-order valence-corrected chi connectivity index (χ3v) is 2.99. The van der Waals surface area contributed by atoms with E-state index in [4.69, 9.17) is 0 Å². The Bertz CT molecular complexity index is 665. The first-order valence-corrected chi connectivity index (χ1v) is 6.17. The minimum Gasteiger partial charge on any atom is -0.503 e. The second kappa shape index (κ2) is 6.01. The van der Waals surface area contributed by atoms with Crippen molar-refractivity contribution in [1.82, 2.24) is 14.9 Å². The van der Waals surface area contributed by atoms with Crippen molar-refractivity contribution >= 4 is 5.91 Å². The molecule has 0 bridgehead atoms. The lowest BCUT2D eigenvalue weighted by Gasteiger charge is -2.12. The van der Waals surface area contributed by atoms with Crippen molar-refractivity contribution in [3.63, 3.8) is 0 Å². The smallest absolute Gasteiger partial charge is 0.251 e. The zero-order valence-electron chi connectivity index (χ0n) is 11.0. The van der Waals surface area contributed by atoms with Gasteiger partial charge in [0.15, 0.2) is 5.75 Å². The Hall–Kier alpha value is -2.63. The molecule has 2 N–H and O–H groups in total. The van der Waals surface area contributed by atoms with E-state index in [-0.39, 0.29) is 11.7 Å². The standard InChI is InChI=1S/C14H15N3O3/c1-10-13(19)12(18)4-8-17(10)9-7-16-14(20)11-2-5-15-6-3-11/h2-6,8,19H,7,9H2,1H3,(H,16,20). The summed E-state index contributed by atoms with van der Waals surface area (Å²) < 4.78 is 1.71. The molecular weight excluding hydrogens is 258 g/mol. The molecule has 0 saturated carbocycles. The van der Waals surface area contributed by atoms with Crippen LogP contribution >= 0.6 is 0 Å². The zero-order valence-corrected chi connectivity index (χ0v) is 11.0. The summed E-state index contributed by atoms with van der Waals surface area (Å²) in [5.74, 6) is -0.441. The maximum absolute atomic E-state index is 11.8. The minimum atomic E-state index is -0.403. The highest BCUT2D eigenvalue weighted by atomic mass is 16.3. The van der Waals surface area contributed by atoms with Crippen LogP contribution in [-0.4, -0.2) is 27.1 Å². The maximum Gasteiger partial charge on any atom is 0.251 e. The first kappa shape index (κ1) is 13.8. The molecule has 2 heterocycles. The fourth-order valence-corrected chi connectivity index (χ4v) is 1.80. The van der Waals surface area contributed by atoms with E-state index in [0.29, 0.717) is 24.3 Å². The number of carbonyl (C=O) groups excluding carboxylic acids is 1. The van der Waals surface area contributed by atoms with E-state index in [9.17, 15) is 14.7 Å². The summed E-state index contributed by atoms with van der Waals surface area (Å²) in [6.07, 6.45) is 4.70. The third-order valence-electron chi connectivity index (χ3n) is 2.99. The Morgan fingerprint density at radius 2 is 2.05 bits per heavy atom. The molecule has 6 heteroatoms. The highest BCUT2D eigenvalue weighted by Gasteiger charge is 2.06. The van der Waals surface area contributed by atoms with E-state index in [1.54, 1.807) is 42.2 Å². The predicted octanol–water partition coefficient (Wildman–Crippen LogP) is 0.687. The molecule has 0 saturated heterocycles. The molecule has 0 atom stereocenters. The van der Waals surface area contributed by atoms with Crippen molar-refractivity contribution in [2.45, 2.75) is 13.5 Å². The SMILES string of the molecule is Cc1c(O)c(=O)ccn1CCNC(=O)c1ccncc1. The molecular formula is C14H15N3O3. The molecule has 104 valence electrons. The van der Waals surface area contributed by atoms with Gasteiger partial charge in [-0.15, -0.1) is 0 Å². The van der Waals surface area contributed by atoms with Crippen LogP contribution in [0.25, 0.3) is 0 Å². The van der Waals surface area contributed by atoms with Crippen molar-refractivity contribution in [3.05, 3.63) is 58.3 Å². The summed E-state index contributed by atoms with van der Waals surface area (Å²) in [6.45, 7) is 2.52. The molecule has 2 aromatic rings. The molecule has 2 rings (SSSR count). The Labute approximate surface area is 115 Å². The van der Waals surface area contributed by atoms with Gasteiger partial charge in [-0.25, -0.2) is 0 Å². The molecule has 6 nitrogen and oxygen atoms in total. The topological polar surface area (TPSA) is 84.2 Å². The summed E-state index contributed by atoms with van der Waals surface area (Å²) in [6, 6.07) is 4.56. The molecule has 0 aliphatic rings. The molecule has 0 aliphatic heterocycles. The Morgan fingerprint density at radius 1 is 1.35 bits per heavy atom. The summed E-state index contributed by atoms with van der Waals surface area (Å²) >= 11 is 0. The number of nitrogens with one attached hydrogen (secondary N) is 1. The van der Waals surface area contributed by atoms with Crippen molar-refractivity contribution in [2.75, 3.05) is 6.54 Å². The van der Waals surface area contributed by atoms with Crippen LogP contribution in [0.5, 0.6) is 5.75 Å². The van der Waals surface area contributed by atoms with Crippen LogP contribution in [0.3, 0.4) is 0 Å². The molecule has 0 aliphatic carbocycles. The van der Waals surface area contributed by atoms with Crippen molar-refractivity contribution in [3.8, 4) is 5.75 Å². The number of hydrogen-bond donors (Lipinski definition) is 2. The van der Waals surface area contributed by atoms with Gasteiger partial charge < -0.3 is 15.0 Å². The Balaban J connectivity index is 1.96. The number of carbonyl (C=O) groups is 1. The summed E-state index contributed by atoms with van der Waals surface area (Å²) in [5, 5.41) is 12.3. The number of rotatable bonds is 4. The number of amides is 1. The highest BCUT2D eigenvalue weighted by molar-refractivity contribution is 5.93. The molecule has 2 aromatic heterocycles. The maximum atomic E-state index is 11.8. The van der Waals surface area contributed by atoms with Gasteiger partial charge in [0, 0.05) is 43.3 Å². The van der Waals surface area contributed by atoms with E-state index in [2.05, 4.69) is 10.3 Å². The monoisotopic (exact) mass is 273 g/mol. The minimum absolute atomic E-state index is 0.185. The van der Waals surface area contributed by atoms with E-state index in [1.165, 1.54) is 6.07 Å². The lowest BCUT2D eigenvalue weighted by Crippen LogP contribution is -2.28. The van der Waals surface area contributed by atoms with Crippen LogP contribution in [0.1, 0.15) is 16.1 Å². The number of aromatic nitrogens is 2. The van der Waals surface area contributed by atoms with Crippen LogP contribution in [0, 0.1) is 6.92 Å². The van der Waals surface area contributed by atoms with Gasteiger partial charge in [-0.3, -0.25) is 14.6 Å². The third kappa shape index (κ3) is 3.03. The molecule has 0 spiro atoms. The Kier molecular flexibility index (Phi) is 4.14. The zero-order chi connectivity index (χ0) is 14.5. The number of nitrogens with zero attached hydrogens (tertiary/aromatic N) is 2. The van der Waals surface area contributed by atoms with Crippen molar-refractivity contribution in [1.29, 1.82) is 0 Å². The van der Waals surface area contributed by atoms with E-state index in [0.717, 1.165) is 0 Å². The highest BCUT2D eigenvalue weighted by Crippen LogP contribution is 2.08. The van der Waals surface area contributed by atoms with E-state index < -0.39 is 5.43 Å². The van der Waals surface area contributed by atoms with Crippen LogP contribution in [0.2, 0.25) is 0 Å². The van der Waals surface area contributed by atoms with Crippen LogP contribution in [0.15, 0.2) is 41.6 Å². The van der Waals surface area contributed by atoms with Gasteiger partial charge in [-0.2, -0.15) is 0 Å². The summed E-state index contributed by atoms with van der Waals surface area (Å²) in [5.41, 5.74) is 0.620. The first-order valence-electron chi connectivity index (χ1n) is 6.17.